The van der Waals surface area contributed by atoms with Crippen LogP contribution in [0, 0.1) is 10.8 Å². The lowest BCUT2D eigenvalue weighted by Crippen LogP contribution is -2.45. The van der Waals surface area contributed by atoms with Gasteiger partial charge >= 0.3 is 0 Å². The number of benzene rings is 1. The number of amides is 1. The number of hydrogen-bond donors (Lipinski definition) is 3. The van der Waals surface area contributed by atoms with Crippen molar-refractivity contribution in [1.82, 2.24) is 9.88 Å². The molecule has 2 saturated heterocycles. The average Bonchev–Trinajstić information content (AvgIpc) is 2.98. The predicted molar refractivity (Wildman–Crippen MR) is 113 cm³/mol. The number of morpholine rings is 1. The van der Waals surface area contributed by atoms with E-state index in [4.69, 9.17) is 15.6 Å². The van der Waals surface area contributed by atoms with Gasteiger partial charge in [0.1, 0.15) is 10.9 Å². The van der Waals surface area contributed by atoms with Crippen LogP contribution in [0.5, 0.6) is 0 Å². The Labute approximate surface area is 167 Å². The first-order chi connectivity index (χ1) is 13.5. The number of aromatic nitrogens is 1. The summed E-state index contributed by atoms with van der Waals surface area (Å²) in [5.74, 6) is 0.431. The molecule has 2 unspecified atom stereocenters. The number of thioether (sulfide) groups is 1. The molecule has 2 aliphatic rings. The molecule has 1 aromatic carbocycles. The lowest BCUT2D eigenvalue weighted by Gasteiger charge is -2.31. The van der Waals surface area contributed by atoms with Crippen molar-refractivity contribution in [2.75, 3.05) is 25.0 Å². The Morgan fingerprint density at radius 1 is 1.25 bits per heavy atom. The highest BCUT2D eigenvalue weighted by Gasteiger charge is 2.34. The number of anilines is 1. The van der Waals surface area contributed by atoms with Gasteiger partial charge in [0, 0.05) is 30.2 Å². The third-order valence-corrected chi connectivity index (χ3v) is 5.74. The van der Waals surface area contributed by atoms with Crippen molar-refractivity contribution in [2.45, 2.75) is 32.0 Å². The van der Waals surface area contributed by atoms with Crippen LogP contribution in [0.15, 0.2) is 30.5 Å². The minimum Gasteiger partial charge on any atom is -0.372 e. The van der Waals surface area contributed by atoms with Crippen LogP contribution in [0.2, 0.25) is 0 Å². The Morgan fingerprint density at radius 3 is 2.71 bits per heavy atom. The fourth-order valence-electron chi connectivity index (χ4n) is 3.78. The van der Waals surface area contributed by atoms with Gasteiger partial charge < -0.3 is 10.1 Å². The summed E-state index contributed by atoms with van der Waals surface area (Å²) < 4.78 is 5.81. The summed E-state index contributed by atoms with van der Waals surface area (Å²) in [4.78, 5) is 18.9. The predicted octanol–water partition coefficient (Wildman–Crippen LogP) is 3.09. The number of pyridine rings is 1. The highest BCUT2D eigenvalue weighted by molar-refractivity contribution is 8.26. The highest BCUT2D eigenvalue weighted by atomic mass is 32.2. The Bertz CT molecular complexity index is 935. The van der Waals surface area contributed by atoms with E-state index < -0.39 is 0 Å². The van der Waals surface area contributed by atoms with Crippen LogP contribution >= 0.6 is 11.8 Å². The molecule has 0 spiro atoms. The summed E-state index contributed by atoms with van der Waals surface area (Å²) in [7, 11) is 0. The van der Waals surface area contributed by atoms with Crippen molar-refractivity contribution in [1.29, 1.82) is 10.8 Å². The van der Waals surface area contributed by atoms with Gasteiger partial charge in [0.05, 0.1) is 23.8 Å². The largest absolute Gasteiger partial charge is 0.372 e. The van der Waals surface area contributed by atoms with Crippen molar-refractivity contribution in [3.05, 3.63) is 36.0 Å². The quantitative estimate of drug-likeness (QED) is 0.543. The zero-order chi connectivity index (χ0) is 19.7. The Morgan fingerprint density at radius 2 is 2.00 bits per heavy atom. The first kappa shape index (κ1) is 19.0. The second-order valence-corrected chi connectivity index (χ2v) is 8.54. The van der Waals surface area contributed by atoms with E-state index in [0.717, 1.165) is 54.0 Å². The molecule has 8 heteroatoms. The summed E-state index contributed by atoms with van der Waals surface area (Å²) in [6.45, 7) is 3.63. The summed E-state index contributed by atoms with van der Waals surface area (Å²) in [6, 6.07) is 7.48. The van der Waals surface area contributed by atoms with E-state index in [0.29, 0.717) is 22.5 Å². The van der Waals surface area contributed by atoms with Crippen molar-refractivity contribution < 1.29 is 9.53 Å². The highest BCUT2D eigenvalue weighted by Crippen LogP contribution is 2.26. The number of nitrogens with one attached hydrogen (secondary N) is 3. The van der Waals surface area contributed by atoms with Gasteiger partial charge in [-0.1, -0.05) is 23.9 Å². The number of hydrogen-bond acceptors (Lipinski definition) is 7. The molecule has 0 saturated carbocycles. The smallest absolute Gasteiger partial charge is 0.239 e. The van der Waals surface area contributed by atoms with Gasteiger partial charge in [-0.05, 0) is 37.3 Å². The van der Waals surface area contributed by atoms with Gasteiger partial charge in [-0.2, -0.15) is 0 Å². The van der Waals surface area contributed by atoms with Crippen molar-refractivity contribution in [3.63, 3.8) is 0 Å². The maximum atomic E-state index is 12.5. The molecule has 2 atom stereocenters. The zero-order valence-corrected chi connectivity index (χ0v) is 16.5. The van der Waals surface area contributed by atoms with Crippen LogP contribution < -0.4 is 5.32 Å². The van der Waals surface area contributed by atoms with E-state index in [-0.39, 0.29) is 18.1 Å². The second kappa shape index (κ2) is 7.98. The molecule has 2 bridgehead atoms. The van der Waals surface area contributed by atoms with E-state index in [1.54, 1.807) is 13.1 Å². The van der Waals surface area contributed by atoms with Crippen LogP contribution in [0.4, 0.5) is 5.82 Å². The van der Waals surface area contributed by atoms with Gasteiger partial charge in [-0.25, -0.2) is 4.98 Å². The molecule has 2 aliphatic heterocycles. The normalized spacial score (nSPS) is 21.6. The van der Waals surface area contributed by atoms with Gasteiger partial charge in [-0.3, -0.25) is 20.5 Å². The topological polar surface area (TPSA) is 102 Å². The lowest BCUT2D eigenvalue weighted by atomic mass is 10.1. The van der Waals surface area contributed by atoms with Crippen LogP contribution in [0.1, 0.15) is 25.3 Å². The number of likely N-dealkylation sites (tertiary alicyclic amines) is 1. The number of carbonyl (C=O) groups is 1. The van der Waals surface area contributed by atoms with E-state index in [1.807, 2.05) is 24.3 Å². The molecule has 1 aromatic heterocycles. The molecule has 146 valence electrons. The van der Waals surface area contributed by atoms with Gasteiger partial charge in [-0.15, -0.1) is 0 Å². The molecule has 3 heterocycles. The molecule has 2 fully saturated rings. The summed E-state index contributed by atoms with van der Waals surface area (Å²) >= 11 is 1.12. The summed E-state index contributed by atoms with van der Waals surface area (Å²) in [5.41, 5.74) is 0.747. The standard InChI is InChI=1S/C20H23N5O2S/c1-12(21)28-20(22)13-2-3-14-8-23-18(7-15(14)6-13)24-19(26)11-25-9-16-4-5-17(10-25)27-16/h2-3,6-8,16-17,21-22H,4-5,9-11H2,1H3,(H,23,24,26). The van der Waals surface area contributed by atoms with E-state index in [1.165, 1.54) is 0 Å². The average molecular weight is 398 g/mol. The number of fused-ring (bicyclic) bond motifs is 3. The van der Waals surface area contributed by atoms with Crippen LogP contribution in [-0.4, -0.2) is 57.7 Å². The minimum atomic E-state index is -0.0768. The minimum absolute atomic E-state index is 0.0768. The van der Waals surface area contributed by atoms with Crippen LogP contribution in [0.3, 0.4) is 0 Å². The lowest BCUT2D eigenvalue weighted by molar-refractivity contribution is -0.119. The summed E-state index contributed by atoms with van der Waals surface area (Å²) in [5, 5.41) is 21.1. The van der Waals surface area contributed by atoms with Gasteiger partial charge in [0.15, 0.2) is 0 Å². The molecule has 0 radical (unpaired) electrons. The number of carbonyl (C=O) groups excluding carboxylic acids is 1. The maximum Gasteiger partial charge on any atom is 0.239 e. The van der Waals surface area contributed by atoms with Crippen LogP contribution in [0.25, 0.3) is 10.8 Å². The maximum absolute atomic E-state index is 12.5. The van der Waals surface area contributed by atoms with Crippen LogP contribution in [-0.2, 0) is 9.53 Å². The van der Waals surface area contributed by atoms with Gasteiger partial charge in [0.2, 0.25) is 5.91 Å². The Hall–Kier alpha value is -2.29. The molecule has 1 amide bonds. The molecular formula is C20H23N5O2S. The van der Waals surface area contributed by atoms with E-state index >= 15 is 0 Å². The first-order valence-corrected chi connectivity index (χ1v) is 10.2. The number of nitrogens with zero attached hydrogens (tertiary/aromatic N) is 2. The SMILES string of the molecule is CC(=N)SC(=N)c1ccc2cnc(NC(=O)CN3CC4CCC(C3)O4)cc2c1. The Balaban J connectivity index is 1.43. The second-order valence-electron chi connectivity index (χ2n) is 7.32. The first-order valence-electron chi connectivity index (χ1n) is 9.35. The molecule has 0 aliphatic carbocycles. The number of ether oxygens (including phenoxy) is 1. The van der Waals surface area contributed by atoms with Crippen molar-refractivity contribution >= 4 is 44.3 Å². The van der Waals surface area contributed by atoms with E-state index in [9.17, 15) is 4.79 Å². The zero-order valence-electron chi connectivity index (χ0n) is 15.7. The third kappa shape index (κ3) is 4.40. The fraction of sp³-hybridized carbons (Fsp3) is 0.400. The molecular weight excluding hydrogens is 374 g/mol. The molecule has 2 aromatic rings. The summed E-state index contributed by atoms with van der Waals surface area (Å²) in [6.07, 6.45) is 4.43. The fourth-order valence-corrected chi connectivity index (χ4v) is 4.33. The third-order valence-electron chi connectivity index (χ3n) is 4.99. The van der Waals surface area contributed by atoms with E-state index in [2.05, 4.69) is 15.2 Å². The Kier molecular flexibility index (Phi) is 5.43. The van der Waals surface area contributed by atoms with Gasteiger partial charge in [0.25, 0.3) is 0 Å². The molecule has 4 rings (SSSR count). The monoisotopic (exact) mass is 397 g/mol. The van der Waals surface area contributed by atoms with Crippen molar-refractivity contribution in [3.8, 4) is 0 Å². The molecule has 7 nitrogen and oxygen atoms in total. The van der Waals surface area contributed by atoms with Crippen molar-refractivity contribution in [2.24, 2.45) is 0 Å². The molecule has 28 heavy (non-hydrogen) atoms. The molecule has 3 N–H and O–H groups in total. The number of rotatable bonds is 4.